The number of hydrogen-bond donors (Lipinski definition) is 2. The molecule has 0 fully saturated rings. The Morgan fingerprint density at radius 2 is 1.02 bits per heavy atom. The van der Waals surface area contributed by atoms with E-state index in [1.807, 2.05) is 12.1 Å². The van der Waals surface area contributed by atoms with Crippen LogP contribution in [-0.4, -0.2) is 23.1 Å². The zero-order chi connectivity index (χ0) is 27.1. The van der Waals surface area contributed by atoms with Crippen molar-refractivity contribution in [2.45, 2.75) is 122 Å². The van der Waals surface area contributed by atoms with Crippen LogP contribution in [0.5, 0.6) is 0 Å². The van der Waals surface area contributed by atoms with Gasteiger partial charge in [-0.3, -0.25) is 9.97 Å². The number of nitrogens with zero attached hydrogens (tertiary/aromatic N) is 2. The minimum absolute atomic E-state index is 0.771. The highest BCUT2D eigenvalue weighted by Gasteiger charge is 2.23. The van der Waals surface area contributed by atoms with Gasteiger partial charge in [0.1, 0.15) is 0 Å². The molecule has 0 bridgehead atoms. The number of anilines is 2. The second-order valence-electron chi connectivity index (χ2n) is 12.4. The fourth-order valence-corrected chi connectivity index (χ4v) is 7.45. The molecule has 0 aliphatic heterocycles. The highest BCUT2D eigenvalue weighted by molar-refractivity contribution is 6.31. The Bertz CT molecular complexity index is 1280. The highest BCUT2D eigenvalue weighted by atomic mass is 35.5. The lowest BCUT2D eigenvalue weighted by Crippen LogP contribution is -2.18. The van der Waals surface area contributed by atoms with Crippen LogP contribution in [0.4, 0.5) is 11.4 Å². The van der Waals surface area contributed by atoms with Gasteiger partial charge in [0.05, 0.1) is 5.52 Å². The van der Waals surface area contributed by atoms with Crippen LogP contribution in [0.2, 0.25) is 5.02 Å². The molecule has 0 unspecified atom stereocenters. The second-order valence-corrected chi connectivity index (χ2v) is 12.8. The van der Waals surface area contributed by atoms with E-state index in [1.54, 1.807) is 11.1 Å². The van der Waals surface area contributed by atoms with Gasteiger partial charge < -0.3 is 10.6 Å². The first-order valence-electron chi connectivity index (χ1n) is 16.4. The molecule has 3 aromatic rings. The predicted octanol–water partition coefficient (Wildman–Crippen LogP) is 9.17. The third-order valence-corrected chi connectivity index (χ3v) is 9.67. The minimum atomic E-state index is 0.771. The summed E-state index contributed by atoms with van der Waals surface area (Å²) >= 11 is 6.28. The van der Waals surface area contributed by atoms with Gasteiger partial charge in [0.25, 0.3) is 0 Å². The quantitative estimate of drug-likeness (QED) is 0.217. The van der Waals surface area contributed by atoms with E-state index in [4.69, 9.17) is 21.6 Å². The van der Waals surface area contributed by atoms with Gasteiger partial charge in [0, 0.05) is 52.0 Å². The molecule has 2 aromatic heterocycles. The lowest BCUT2D eigenvalue weighted by molar-refractivity contribution is 0.590. The summed E-state index contributed by atoms with van der Waals surface area (Å²) in [5.74, 6) is 0. The Hall–Kier alpha value is -2.33. The Balaban J connectivity index is 0.909. The third-order valence-electron chi connectivity index (χ3n) is 9.43. The number of rotatable bonds is 12. The molecule has 3 aliphatic carbocycles. The maximum absolute atomic E-state index is 6.28. The standard InChI is InChI=1S/C35H47ClN4/c36-25-20-21-29-33(24-25)40-32-19-11-8-16-28(32)35(29)38-23-13-5-3-1-2-4-12-22-37-34-26-14-6-9-17-30(26)39-31-18-10-7-15-27(31)34/h20-21,24H,1-19,22-23H2,(H,37,39)(H,38,40). The number of aromatic nitrogens is 2. The van der Waals surface area contributed by atoms with Crippen LogP contribution in [0.3, 0.4) is 0 Å². The monoisotopic (exact) mass is 558 g/mol. The summed E-state index contributed by atoms with van der Waals surface area (Å²) in [5.41, 5.74) is 12.5. The third kappa shape index (κ3) is 6.43. The molecule has 214 valence electrons. The molecule has 0 radical (unpaired) electrons. The number of hydrogen-bond acceptors (Lipinski definition) is 4. The van der Waals surface area contributed by atoms with Crippen molar-refractivity contribution in [3.63, 3.8) is 0 Å². The van der Waals surface area contributed by atoms with Gasteiger partial charge in [-0.25, -0.2) is 0 Å². The second kappa shape index (κ2) is 13.6. The van der Waals surface area contributed by atoms with Gasteiger partial charge in [-0.05, 0) is 125 Å². The molecular formula is C35H47ClN4. The Kier molecular flexibility index (Phi) is 9.43. The maximum Gasteiger partial charge on any atom is 0.0741 e. The van der Waals surface area contributed by atoms with Crippen molar-refractivity contribution >= 4 is 33.9 Å². The average molecular weight is 559 g/mol. The van der Waals surface area contributed by atoms with E-state index < -0.39 is 0 Å². The van der Waals surface area contributed by atoms with Gasteiger partial charge >= 0.3 is 0 Å². The van der Waals surface area contributed by atoms with E-state index in [0.717, 1.165) is 36.5 Å². The Morgan fingerprint density at radius 3 is 1.62 bits per heavy atom. The van der Waals surface area contributed by atoms with E-state index in [2.05, 4.69) is 16.7 Å². The molecule has 0 amide bonds. The molecule has 40 heavy (non-hydrogen) atoms. The molecule has 2 N–H and O–H groups in total. The topological polar surface area (TPSA) is 49.8 Å². The van der Waals surface area contributed by atoms with E-state index in [9.17, 15) is 0 Å². The Morgan fingerprint density at radius 1 is 0.550 bits per heavy atom. The summed E-state index contributed by atoms with van der Waals surface area (Å²) in [5, 5.41) is 9.73. The van der Waals surface area contributed by atoms with Crippen LogP contribution in [0, 0.1) is 0 Å². The average Bonchev–Trinajstić information content (AvgIpc) is 2.98. The summed E-state index contributed by atoms with van der Waals surface area (Å²) in [6.45, 7) is 2.15. The van der Waals surface area contributed by atoms with E-state index in [1.165, 1.54) is 149 Å². The normalized spacial score (nSPS) is 16.3. The zero-order valence-electron chi connectivity index (χ0n) is 24.4. The van der Waals surface area contributed by atoms with Gasteiger partial charge in [0.15, 0.2) is 0 Å². The van der Waals surface area contributed by atoms with Gasteiger partial charge in [0.2, 0.25) is 0 Å². The van der Waals surface area contributed by atoms with E-state index in [-0.39, 0.29) is 0 Å². The first-order chi connectivity index (χ1) is 19.8. The first-order valence-corrected chi connectivity index (χ1v) is 16.8. The maximum atomic E-state index is 6.28. The smallest absolute Gasteiger partial charge is 0.0741 e. The summed E-state index contributed by atoms with van der Waals surface area (Å²) in [7, 11) is 0. The van der Waals surface area contributed by atoms with Crippen LogP contribution >= 0.6 is 11.6 Å². The molecule has 1 aromatic carbocycles. The lowest BCUT2D eigenvalue weighted by Gasteiger charge is -2.27. The van der Waals surface area contributed by atoms with Gasteiger partial charge in [-0.1, -0.05) is 43.7 Å². The fraction of sp³-hybridized carbons (Fsp3) is 0.600. The summed E-state index contributed by atoms with van der Waals surface area (Å²) in [6.07, 6.45) is 24.0. The summed E-state index contributed by atoms with van der Waals surface area (Å²) in [4.78, 5) is 10.1. The van der Waals surface area contributed by atoms with Gasteiger partial charge in [-0.2, -0.15) is 0 Å². The minimum Gasteiger partial charge on any atom is -0.384 e. The van der Waals surface area contributed by atoms with Crippen molar-refractivity contribution in [3.8, 4) is 0 Å². The number of nitrogens with one attached hydrogen (secondary N) is 2. The molecule has 6 rings (SSSR count). The van der Waals surface area contributed by atoms with Crippen molar-refractivity contribution in [2.75, 3.05) is 23.7 Å². The molecule has 2 heterocycles. The van der Waals surface area contributed by atoms with E-state index >= 15 is 0 Å². The molecule has 5 heteroatoms. The number of halogens is 1. The molecule has 0 saturated carbocycles. The largest absolute Gasteiger partial charge is 0.384 e. The van der Waals surface area contributed by atoms with Crippen LogP contribution in [0.25, 0.3) is 10.9 Å². The van der Waals surface area contributed by atoms with Crippen LogP contribution in [0.15, 0.2) is 18.2 Å². The number of aryl methyl sites for hydroxylation is 3. The fourth-order valence-electron chi connectivity index (χ4n) is 7.28. The molecule has 4 nitrogen and oxygen atoms in total. The molecular weight excluding hydrogens is 512 g/mol. The van der Waals surface area contributed by atoms with Crippen LogP contribution in [0.1, 0.15) is 117 Å². The van der Waals surface area contributed by atoms with Crippen LogP contribution < -0.4 is 10.6 Å². The molecule has 0 saturated heterocycles. The van der Waals surface area contributed by atoms with Crippen LogP contribution in [-0.2, 0) is 38.5 Å². The lowest BCUT2D eigenvalue weighted by atomic mass is 9.87. The summed E-state index contributed by atoms with van der Waals surface area (Å²) in [6, 6.07) is 6.17. The molecule has 0 spiro atoms. The number of unbranched alkanes of at least 4 members (excludes halogenated alkanes) is 6. The SMILES string of the molecule is Clc1ccc2c(NCCCCCCCCCNc3c4c(nc5c3CCCC5)CCCC4)c3c(nc2c1)CCCC3. The zero-order valence-corrected chi connectivity index (χ0v) is 25.1. The molecule has 3 aliphatic rings. The molecule has 0 atom stereocenters. The van der Waals surface area contributed by atoms with E-state index in [0.29, 0.717) is 0 Å². The van der Waals surface area contributed by atoms with Crippen molar-refractivity contribution in [3.05, 3.63) is 57.0 Å². The number of benzene rings is 1. The van der Waals surface area contributed by atoms with Crippen molar-refractivity contribution in [2.24, 2.45) is 0 Å². The van der Waals surface area contributed by atoms with Crippen molar-refractivity contribution in [1.82, 2.24) is 9.97 Å². The predicted molar refractivity (Wildman–Crippen MR) is 170 cm³/mol. The Labute approximate surface area is 246 Å². The number of fused-ring (bicyclic) bond motifs is 4. The van der Waals surface area contributed by atoms with Crippen molar-refractivity contribution in [1.29, 1.82) is 0 Å². The first kappa shape index (κ1) is 27.8. The summed E-state index contributed by atoms with van der Waals surface area (Å²) < 4.78 is 0. The number of pyridine rings is 2. The van der Waals surface area contributed by atoms with Crippen molar-refractivity contribution < 1.29 is 0 Å². The highest BCUT2D eigenvalue weighted by Crippen LogP contribution is 2.36. The van der Waals surface area contributed by atoms with Gasteiger partial charge in [-0.15, -0.1) is 0 Å².